The van der Waals surface area contributed by atoms with Gasteiger partial charge in [-0.25, -0.2) is 0 Å². The molecule has 5 N–H and O–H groups in total. The summed E-state index contributed by atoms with van der Waals surface area (Å²) >= 11 is 0. The number of hydrogen-bond acceptors (Lipinski definition) is 4. The molecule has 1 aliphatic rings. The zero-order valence-electron chi connectivity index (χ0n) is 7.97. The molecule has 5 nitrogen and oxygen atoms in total. The molecule has 1 fully saturated rings. The molecule has 0 heterocycles. The van der Waals surface area contributed by atoms with Gasteiger partial charge in [0.05, 0.1) is 5.56 Å². The number of aromatic hydroxyl groups is 2. The first-order valence-electron chi connectivity index (χ1n) is 4.66. The Morgan fingerprint density at radius 2 is 2.13 bits per heavy atom. The Morgan fingerprint density at radius 3 is 2.67 bits per heavy atom. The van der Waals surface area contributed by atoms with Crippen molar-refractivity contribution in [2.75, 3.05) is 0 Å². The van der Waals surface area contributed by atoms with Crippen LogP contribution in [0, 0.1) is 0 Å². The maximum atomic E-state index is 11.6. The van der Waals surface area contributed by atoms with Crippen molar-refractivity contribution in [3.05, 3.63) is 23.8 Å². The Kier molecular flexibility index (Phi) is 2.24. The Hall–Kier alpha value is -1.75. The van der Waals surface area contributed by atoms with Gasteiger partial charge >= 0.3 is 0 Å². The molecule has 2 unspecified atom stereocenters. The van der Waals surface area contributed by atoms with Crippen LogP contribution in [-0.2, 0) is 0 Å². The number of phenolic OH excluding ortho intramolecular Hbond substituents is 2. The number of rotatable bonds is 2. The minimum Gasteiger partial charge on any atom is -0.508 e. The summed E-state index contributed by atoms with van der Waals surface area (Å²) < 4.78 is 0. The molecule has 1 aliphatic carbocycles. The van der Waals surface area contributed by atoms with E-state index < -0.39 is 0 Å². The number of hydrogen-bond donors (Lipinski definition) is 4. The van der Waals surface area contributed by atoms with Crippen molar-refractivity contribution in [3.8, 4) is 11.5 Å². The Bertz CT molecular complexity index is 406. The van der Waals surface area contributed by atoms with Crippen molar-refractivity contribution in [3.63, 3.8) is 0 Å². The standard InChI is InChI=1S/C10H12N2O3/c11-7-4-8(7)12-10(15)6-2-1-5(13)3-9(6)14/h1-3,7-8,13-14H,4,11H2,(H,12,15). The van der Waals surface area contributed by atoms with E-state index >= 15 is 0 Å². The first-order chi connectivity index (χ1) is 7.08. The summed E-state index contributed by atoms with van der Waals surface area (Å²) in [6.07, 6.45) is 0.768. The summed E-state index contributed by atoms with van der Waals surface area (Å²) in [5.41, 5.74) is 5.68. The molecule has 0 radical (unpaired) electrons. The van der Waals surface area contributed by atoms with Crippen LogP contribution < -0.4 is 11.1 Å². The number of carbonyl (C=O) groups excluding carboxylic acids is 1. The van der Waals surface area contributed by atoms with Crippen LogP contribution in [0.2, 0.25) is 0 Å². The highest BCUT2D eigenvalue weighted by Gasteiger charge is 2.35. The van der Waals surface area contributed by atoms with E-state index in [1.54, 1.807) is 0 Å². The predicted molar refractivity (Wildman–Crippen MR) is 53.6 cm³/mol. The van der Waals surface area contributed by atoms with E-state index in [-0.39, 0.29) is 35.1 Å². The van der Waals surface area contributed by atoms with Crippen molar-refractivity contribution >= 4 is 5.91 Å². The molecule has 0 bridgehead atoms. The maximum absolute atomic E-state index is 11.6. The molecule has 1 aromatic rings. The molecule has 5 heteroatoms. The number of nitrogens with one attached hydrogen (secondary N) is 1. The van der Waals surface area contributed by atoms with Gasteiger partial charge in [0.2, 0.25) is 0 Å². The van der Waals surface area contributed by atoms with Gasteiger partial charge in [-0.2, -0.15) is 0 Å². The number of phenols is 2. The second-order valence-electron chi connectivity index (χ2n) is 3.68. The fourth-order valence-corrected chi connectivity index (χ4v) is 1.34. The van der Waals surface area contributed by atoms with Crippen molar-refractivity contribution in [2.24, 2.45) is 5.73 Å². The average molecular weight is 208 g/mol. The molecule has 0 saturated heterocycles. The van der Waals surface area contributed by atoms with Gasteiger partial charge in [0.15, 0.2) is 0 Å². The van der Waals surface area contributed by atoms with Gasteiger partial charge in [0.1, 0.15) is 11.5 Å². The molecule has 1 aromatic carbocycles. The van der Waals surface area contributed by atoms with Crippen LogP contribution in [0.1, 0.15) is 16.8 Å². The van der Waals surface area contributed by atoms with Crippen LogP contribution >= 0.6 is 0 Å². The highest BCUT2D eigenvalue weighted by Crippen LogP contribution is 2.24. The number of amides is 1. The fourth-order valence-electron chi connectivity index (χ4n) is 1.34. The first-order valence-corrected chi connectivity index (χ1v) is 4.66. The van der Waals surface area contributed by atoms with E-state index in [9.17, 15) is 9.90 Å². The van der Waals surface area contributed by atoms with Crippen LogP contribution in [0.15, 0.2) is 18.2 Å². The number of benzene rings is 1. The lowest BCUT2D eigenvalue weighted by atomic mass is 10.2. The maximum Gasteiger partial charge on any atom is 0.255 e. The highest BCUT2D eigenvalue weighted by molar-refractivity contribution is 5.97. The third-order valence-electron chi connectivity index (χ3n) is 2.38. The monoisotopic (exact) mass is 208 g/mol. The molecule has 0 aliphatic heterocycles. The predicted octanol–water partition coefficient (Wildman–Crippen LogP) is -0.0728. The molecule has 15 heavy (non-hydrogen) atoms. The summed E-state index contributed by atoms with van der Waals surface area (Å²) in [6.45, 7) is 0. The van der Waals surface area contributed by atoms with Gasteiger partial charge in [0.25, 0.3) is 5.91 Å². The SMILES string of the molecule is NC1CC1NC(=O)c1ccc(O)cc1O. The van der Waals surface area contributed by atoms with Gasteiger partial charge in [0, 0.05) is 18.2 Å². The molecular weight excluding hydrogens is 196 g/mol. The zero-order valence-corrected chi connectivity index (χ0v) is 7.97. The van der Waals surface area contributed by atoms with E-state index in [1.165, 1.54) is 12.1 Å². The normalized spacial score (nSPS) is 23.5. The summed E-state index contributed by atoms with van der Waals surface area (Å²) in [5.74, 6) is -0.681. The topological polar surface area (TPSA) is 95.6 Å². The Morgan fingerprint density at radius 1 is 1.47 bits per heavy atom. The van der Waals surface area contributed by atoms with Gasteiger partial charge in [-0.15, -0.1) is 0 Å². The van der Waals surface area contributed by atoms with E-state index in [2.05, 4.69) is 5.32 Å². The van der Waals surface area contributed by atoms with E-state index in [4.69, 9.17) is 10.8 Å². The van der Waals surface area contributed by atoms with Crippen LogP contribution in [0.5, 0.6) is 11.5 Å². The van der Waals surface area contributed by atoms with Crippen LogP contribution in [0.4, 0.5) is 0 Å². The molecule has 2 atom stereocenters. The Labute approximate surface area is 86.5 Å². The highest BCUT2D eigenvalue weighted by atomic mass is 16.3. The molecule has 80 valence electrons. The van der Waals surface area contributed by atoms with Crippen LogP contribution in [0.25, 0.3) is 0 Å². The van der Waals surface area contributed by atoms with Gasteiger partial charge in [-0.3, -0.25) is 4.79 Å². The second-order valence-corrected chi connectivity index (χ2v) is 3.68. The van der Waals surface area contributed by atoms with Crippen LogP contribution in [0.3, 0.4) is 0 Å². The molecule has 0 spiro atoms. The van der Waals surface area contributed by atoms with E-state index in [1.807, 2.05) is 0 Å². The lowest BCUT2D eigenvalue weighted by molar-refractivity contribution is 0.0947. The molecule has 0 aromatic heterocycles. The zero-order chi connectivity index (χ0) is 11.0. The van der Waals surface area contributed by atoms with Gasteiger partial charge < -0.3 is 21.3 Å². The minimum absolute atomic E-state index is 0.00528. The molecular formula is C10H12N2O3. The van der Waals surface area contributed by atoms with E-state index in [0.717, 1.165) is 12.5 Å². The third-order valence-corrected chi connectivity index (χ3v) is 2.38. The summed E-state index contributed by atoms with van der Waals surface area (Å²) in [7, 11) is 0. The van der Waals surface area contributed by atoms with Crippen molar-refractivity contribution in [1.82, 2.24) is 5.32 Å². The summed E-state index contributed by atoms with van der Waals surface area (Å²) in [4.78, 5) is 11.6. The molecule has 2 rings (SSSR count). The Balaban J connectivity index is 2.11. The molecule has 1 amide bonds. The first kappa shape index (κ1) is 9.79. The smallest absolute Gasteiger partial charge is 0.255 e. The number of carbonyl (C=O) groups is 1. The third kappa shape index (κ3) is 2.02. The van der Waals surface area contributed by atoms with Gasteiger partial charge in [-0.05, 0) is 18.6 Å². The van der Waals surface area contributed by atoms with Crippen molar-refractivity contribution < 1.29 is 15.0 Å². The van der Waals surface area contributed by atoms with E-state index in [0.29, 0.717) is 0 Å². The lowest BCUT2D eigenvalue weighted by Gasteiger charge is -2.05. The summed E-state index contributed by atoms with van der Waals surface area (Å²) in [5, 5.41) is 21.1. The second kappa shape index (κ2) is 3.43. The number of nitrogens with two attached hydrogens (primary N) is 1. The van der Waals surface area contributed by atoms with Crippen molar-refractivity contribution in [2.45, 2.75) is 18.5 Å². The van der Waals surface area contributed by atoms with Crippen molar-refractivity contribution in [1.29, 1.82) is 0 Å². The lowest BCUT2D eigenvalue weighted by Crippen LogP contribution is -2.29. The summed E-state index contributed by atoms with van der Waals surface area (Å²) in [6, 6.07) is 3.87. The average Bonchev–Trinajstić information content (AvgIpc) is 2.81. The minimum atomic E-state index is -0.370. The fraction of sp³-hybridized carbons (Fsp3) is 0.300. The molecule has 1 saturated carbocycles. The largest absolute Gasteiger partial charge is 0.508 e. The quantitative estimate of drug-likeness (QED) is 0.547. The van der Waals surface area contributed by atoms with Crippen LogP contribution in [-0.4, -0.2) is 28.2 Å². The van der Waals surface area contributed by atoms with Gasteiger partial charge in [-0.1, -0.05) is 0 Å².